The van der Waals surface area contributed by atoms with Crippen molar-refractivity contribution in [3.8, 4) is 0 Å². The van der Waals surface area contributed by atoms with Crippen molar-refractivity contribution in [1.82, 2.24) is 8.75 Å². The van der Waals surface area contributed by atoms with E-state index >= 15 is 0 Å². The van der Waals surface area contributed by atoms with Crippen molar-refractivity contribution in [2.75, 3.05) is 5.32 Å². The van der Waals surface area contributed by atoms with E-state index in [1.54, 1.807) is 19.1 Å². The standard InChI is InChI=1S/C12H12ClN3O3S/c1-5(6(2)12(18)19)11(17)14-9-7(13)3-4-8-10(9)16-20-15-8/h3-6H,1-2H3,(H,14,17)(H,18,19). The largest absolute Gasteiger partial charge is 0.481 e. The van der Waals surface area contributed by atoms with Gasteiger partial charge in [-0.3, -0.25) is 9.59 Å². The van der Waals surface area contributed by atoms with Crippen LogP contribution in [0.3, 0.4) is 0 Å². The molecule has 1 amide bonds. The first kappa shape index (κ1) is 14.7. The summed E-state index contributed by atoms with van der Waals surface area (Å²) in [7, 11) is 0. The van der Waals surface area contributed by atoms with Gasteiger partial charge >= 0.3 is 5.97 Å². The SMILES string of the molecule is CC(C(=O)O)C(C)C(=O)Nc1c(Cl)ccc2nsnc12. The highest BCUT2D eigenvalue weighted by Gasteiger charge is 2.26. The van der Waals surface area contributed by atoms with Crippen molar-refractivity contribution in [1.29, 1.82) is 0 Å². The van der Waals surface area contributed by atoms with Gasteiger partial charge < -0.3 is 10.4 Å². The lowest BCUT2D eigenvalue weighted by molar-refractivity contribution is -0.145. The van der Waals surface area contributed by atoms with Gasteiger partial charge in [-0.25, -0.2) is 0 Å². The normalized spacial score (nSPS) is 13.9. The molecule has 2 unspecified atom stereocenters. The van der Waals surface area contributed by atoms with Crippen LogP contribution in [0.15, 0.2) is 12.1 Å². The van der Waals surface area contributed by atoms with Crippen LogP contribution in [0.25, 0.3) is 11.0 Å². The van der Waals surface area contributed by atoms with Crippen LogP contribution in [0.5, 0.6) is 0 Å². The molecule has 1 aromatic heterocycles. The molecule has 0 aliphatic carbocycles. The van der Waals surface area contributed by atoms with Gasteiger partial charge in [0.2, 0.25) is 5.91 Å². The Morgan fingerprint density at radius 2 is 2.00 bits per heavy atom. The second kappa shape index (κ2) is 5.72. The molecular weight excluding hydrogens is 302 g/mol. The molecule has 0 saturated carbocycles. The third-order valence-corrected chi connectivity index (χ3v) is 4.04. The minimum absolute atomic E-state index is 0.341. The fourth-order valence-corrected chi connectivity index (χ4v) is 2.37. The van der Waals surface area contributed by atoms with Crippen molar-refractivity contribution in [3.63, 3.8) is 0 Å². The monoisotopic (exact) mass is 313 g/mol. The number of carboxylic acids is 1. The smallest absolute Gasteiger partial charge is 0.307 e. The highest BCUT2D eigenvalue weighted by molar-refractivity contribution is 7.00. The number of fused-ring (bicyclic) bond motifs is 1. The Balaban J connectivity index is 2.28. The zero-order valence-corrected chi connectivity index (χ0v) is 12.3. The van der Waals surface area contributed by atoms with Gasteiger partial charge in [-0.1, -0.05) is 25.4 Å². The van der Waals surface area contributed by atoms with Crippen molar-refractivity contribution < 1.29 is 14.7 Å². The van der Waals surface area contributed by atoms with Crippen LogP contribution in [0.4, 0.5) is 5.69 Å². The van der Waals surface area contributed by atoms with Gasteiger partial charge in [0.05, 0.1) is 28.4 Å². The summed E-state index contributed by atoms with van der Waals surface area (Å²) in [5.41, 5.74) is 1.51. The summed E-state index contributed by atoms with van der Waals surface area (Å²) in [4.78, 5) is 23.0. The molecule has 0 fully saturated rings. The van der Waals surface area contributed by atoms with Crippen LogP contribution in [0.2, 0.25) is 5.02 Å². The Morgan fingerprint density at radius 1 is 1.30 bits per heavy atom. The maximum absolute atomic E-state index is 12.1. The Kier molecular flexibility index (Phi) is 4.20. The van der Waals surface area contributed by atoms with E-state index in [4.69, 9.17) is 16.7 Å². The van der Waals surface area contributed by atoms with Crippen molar-refractivity contribution in [3.05, 3.63) is 17.2 Å². The third kappa shape index (κ3) is 2.73. The number of hydrogen-bond acceptors (Lipinski definition) is 5. The van der Waals surface area contributed by atoms with Gasteiger partial charge in [0.15, 0.2) is 0 Å². The molecule has 2 atom stereocenters. The minimum Gasteiger partial charge on any atom is -0.481 e. The maximum Gasteiger partial charge on any atom is 0.307 e. The lowest BCUT2D eigenvalue weighted by Crippen LogP contribution is -2.30. The summed E-state index contributed by atoms with van der Waals surface area (Å²) < 4.78 is 8.15. The molecule has 0 spiro atoms. The topological polar surface area (TPSA) is 92.2 Å². The van der Waals surface area contributed by atoms with E-state index in [0.717, 1.165) is 11.7 Å². The van der Waals surface area contributed by atoms with Crippen molar-refractivity contribution >= 4 is 51.9 Å². The molecular formula is C12H12ClN3O3S. The summed E-state index contributed by atoms with van der Waals surface area (Å²) >= 11 is 7.08. The number of carboxylic acid groups (broad SMARTS) is 1. The molecule has 8 heteroatoms. The Morgan fingerprint density at radius 3 is 2.65 bits per heavy atom. The lowest BCUT2D eigenvalue weighted by Gasteiger charge is -2.16. The van der Waals surface area contributed by atoms with E-state index in [0.29, 0.717) is 21.7 Å². The zero-order chi connectivity index (χ0) is 14.9. The third-order valence-electron chi connectivity index (χ3n) is 3.18. The summed E-state index contributed by atoms with van der Waals surface area (Å²) in [6.45, 7) is 3.04. The predicted octanol–water partition coefficient (Wildman–Crippen LogP) is 2.64. The average Bonchev–Trinajstić information content (AvgIpc) is 2.88. The summed E-state index contributed by atoms with van der Waals surface area (Å²) in [6, 6.07) is 3.33. The number of anilines is 1. The molecule has 0 aliphatic heterocycles. The van der Waals surface area contributed by atoms with Crippen molar-refractivity contribution in [2.24, 2.45) is 11.8 Å². The summed E-state index contributed by atoms with van der Waals surface area (Å²) in [5, 5.41) is 11.9. The minimum atomic E-state index is -1.02. The van der Waals surface area contributed by atoms with Gasteiger partial charge in [0.1, 0.15) is 11.0 Å². The highest BCUT2D eigenvalue weighted by Crippen LogP contribution is 2.30. The second-order valence-corrected chi connectivity index (χ2v) is 5.39. The van der Waals surface area contributed by atoms with Gasteiger partial charge in [-0.05, 0) is 12.1 Å². The number of nitrogens with one attached hydrogen (secondary N) is 1. The van der Waals surface area contributed by atoms with Crippen LogP contribution in [0.1, 0.15) is 13.8 Å². The average molecular weight is 314 g/mol. The van der Waals surface area contributed by atoms with Gasteiger partial charge in [0, 0.05) is 5.92 Å². The molecule has 2 rings (SSSR count). The van der Waals surface area contributed by atoms with E-state index < -0.39 is 23.7 Å². The van der Waals surface area contributed by atoms with E-state index in [1.807, 2.05) is 0 Å². The predicted molar refractivity (Wildman–Crippen MR) is 77.0 cm³/mol. The number of halogens is 1. The summed E-state index contributed by atoms with van der Waals surface area (Å²) in [6.07, 6.45) is 0. The number of rotatable bonds is 4. The number of benzene rings is 1. The molecule has 0 radical (unpaired) electrons. The van der Waals surface area contributed by atoms with E-state index in [1.165, 1.54) is 6.92 Å². The van der Waals surface area contributed by atoms with Crippen molar-refractivity contribution in [2.45, 2.75) is 13.8 Å². The van der Waals surface area contributed by atoms with Crippen LogP contribution < -0.4 is 5.32 Å². The van der Waals surface area contributed by atoms with E-state index in [-0.39, 0.29) is 0 Å². The fraction of sp³-hybridized carbons (Fsp3) is 0.333. The van der Waals surface area contributed by atoms with Gasteiger partial charge in [0.25, 0.3) is 0 Å². The van der Waals surface area contributed by atoms with Crippen LogP contribution in [0, 0.1) is 11.8 Å². The van der Waals surface area contributed by atoms with Crippen LogP contribution in [-0.4, -0.2) is 25.7 Å². The summed E-state index contributed by atoms with van der Waals surface area (Å²) in [5.74, 6) is -2.92. The molecule has 0 saturated heterocycles. The Hall–Kier alpha value is -1.73. The highest BCUT2D eigenvalue weighted by atomic mass is 35.5. The number of carbonyl (C=O) groups is 2. The number of nitrogens with zero attached hydrogens (tertiary/aromatic N) is 2. The van der Waals surface area contributed by atoms with Crippen LogP contribution in [-0.2, 0) is 9.59 Å². The zero-order valence-electron chi connectivity index (χ0n) is 10.8. The molecule has 0 aliphatic rings. The first-order valence-electron chi connectivity index (χ1n) is 5.86. The molecule has 1 heterocycles. The van der Waals surface area contributed by atoms with Crippen LogP contribution >= 0.6 is 23.3 Å². The molecule has 6 nitrogen and oxygen atoms in total. The van der Waals surface area contributed by atoms with E-state index in [9.17, 15) is 9.59 Å². The Bertz CT molecular complexity index is 673. The second-order valence-electron chi connectivity index (χ2n) is 4.46. The fourth-order valence-electron chi connectivity index (χ4n) is 1.62. The number of carbonyl (C=O) groups excluding carboxylic acids is 1. The van der Waals surface area contributed by atoms with Gasteiger partial charge in [-0.2, -0.15) is 8.75 Å². The Labute approximate surface area is 124 Å². The van der Waals surface area contributed by atoms with Gasteiger partial charge in [-0.15, -0.1) is 0 Å². The van der Waals surface area contributed by atoms with E-state index in [2.05, 4.69) is 14.1 Å². The molecule has 1 aromatic carbocycles. The molecule has 106 valence electrons. The lowest BCUT2D eigenvalue weighted by atomic mass is 9.95. The maximum atomic E-state index is 12.1. The number of aliphatic carboxylic acids is 1. The number of aromatic nitrogens is 2. The number of amides is 1. The molecule has 20 heavy (non-hydrogen) atoms. The molecule has 2 aromatic rings. The first-order valence-corrected chi connectivity index (χ1v) is 6.97. The molecule has 2 N–H and O–H groups in total. The first-order chi connectivity index (χ1) is 9.41. The quantitative estimate of drug-likeness (QED) is 0.905. The molecule has 0 bridgehead atoms. The number of hydrogen-bond donors (Lipinski definition) is 2.